The van der Waals surface area contributed by atoms with Crippen LogP contribution >= 0.6 is 0 Å². The van der Waals surface area contributed by atoms with Crippen LogP contribution in [0.1, 0.15) is 40.0 Å². The number of hydrogen-bond acceptors (Lipinski definition) is 7. The molecule has 1 aromatic heterocycles. The molecule has 10 nitrogen and oxygen atoms in total. The van der Waals surface area contributed by atoms with E-state index in [1.54, 1.807) is 0 Å². The number of benzene rings is 1. The summed E-state index contributed by atoms with van der Waals surface area (Å²) in [5.41, 5.74) is -0.0835. The molecule has 43 heavy (non-hydrogen) atoms. The van der Waals surface area contributed by atoms with Crippen molar-refractivity contribution in [2.24, 2.45) is 0 Å². The number of hydrogen-bond donors (Lipinski definition) is 2. The molecule has 0 saturated carbocycles. The molecule has 1 atom stereocenters. The first kappa shape index (κ1) is 32.4. The standard InChI is InChI=1S/C24H24F8N4O6S/c1-43(39,40)11-17(37)33-19-18-16(35-36(19)7-2-8-42-24(30,31)32)10-21(34-20(18)38)6-5-13-9-14(3-4-15(13)21)41-12-22(25,26)23(27,28)29/h3-4,9H,2,5-8,10-12H2,1H3,(H,33,37)(H,34,38)/t21-/m1/s1. The van der Waals surface area contributed by atoms with Crippen LogP contribution in [0.4, 0.5) is 40.9 Å². The Morgan fingerprint density at radius 2 is 1.86 bits per heavy atom. The summed E-state index contributed by atoms with van der Waals surface area (Å²) in [4.78, 5) is 25.8. The van der Waals surface area contributed by atoms with Gasteiger partial charge in [0.25, 0.3) is 5.91 Å². The highest BCUT2D eigenvalue weighted by Gasteiger charge is 2.58. The normalized spacial score (nSPS) is 18.8. The molecule has 0 saturated heterocycles. The Balaban J connectivity index is 1.60. The summed E-state index contributed by atoms with van der Waals surface area (Å²) < 4.78 is 134. The Labute approximate surface area is 238 Å². The zero-order valence-electron chi connectivity index (χ0n) is 22.2. The number of nitrogens with zero attached hydrogens (tertiary/aromatic N) is 2. The van der Waals surface area contributed by atoms with Gasteiger partial charge >= 0.3 is 18.5 Å². The molecule has 2 heterocycles. The van der Waals surface area contributed by atoms with Gasteiger partial charge in [0.15, 0.2) is 16.4 Å². The van der Waals surface area contributed by atoms with Crippen LogP contribution in [0.3, 0.4) is 0 Å². The van der Waals surface area contributed by atoms with Crippen molar-refractivity contribution in [2.45, 2.75) is 56.2 Å². The van der Waals surface area contributed by atoms with E-state index < -0.39 is 64.6 Å². The second kappa shape index (κ2) is 11.2. The minimum atomic E-state index is -5.80. The van der Waals surface area contributed by atoms with Crippen molar-refractivity contribution in [3.8, 4) is 5.75 Å². The van der Waals surface area contributed by atoms with Crippen LogP contribution in [0.25, 0.3) is 0 Å². The maximum atomic E-state index is 13.4. The van der Waals surface area contributed by atoms with E-state index in [1.165, 1.54) is 18.2 Å². The van der Waals surface area contributed by atoms with Crippen molar-refractivity contribution >= 4 is 27.5 Å². The van der Waals surface area contributed by atoms with E-state index in [-0.39, 0.29) is 55.1 Å². The van der Waals surface area contributed by atoms with E-state index in [9.17, 15) is 53.1 Å². The van der Waals surface area contributed by atoms with Crippen LogP contribution in [0.2, 0.25) is 0 Å². The van der Waals surface area contributed by atoms with Gasteiger partial charge in [-0.1, -0.05) is 6.07 Å². The highest BCUT2D eigenvalue weighted by molar-refractivity contribution is 7.91. The number of aromatic nitrogens is 2. The fourth-order valence-corrected chi connectivity index (χ4v) is 5.51. The van der Waals surface area contributed by atoms with Crippen molar-refractivity contribution in [3.63, 3.8) is 0 Å². The summed E-state index contributed by atoms with van der Waals surface area (Å²) in [7, 11) is -3.78. The lowest BCUT2D eigenvalue weighted by Crippen LogP contribution is -2.50. The number of nitrogens with one attached hydrogen (secondary N) is 2. The third kappa shape index (κ3) is 7.36. The molecule has 2 N–H and O–H groups in total. The molecule has 0 bridgehead atoms. The molecule has 4 rings (SSSR count). The molecule has 0 radical (unpaired) electrons. The Morgan fingerprint density at radius 3 is 2.49 bits per heavy atom. The van der Waals surface area contributed by atoms with Crippen LogP contribution in [0.15, 0.2) is 18.2 Å². The Morgan fingerprint density at radius 1 is 1.16 bits per heavy atom. The Bertz CT molecular complexity index is 1520. The zero-order chi connectivity index (χ0) is 32.0. The van der Waals surface area contributed by atoms with Gasteiger partial charge in [0, 0.05) is 19.2 Å². The lowest BCUT2D eigenvalue weighted by molar-refractivity contribution is -0.324. The molecule has 1 spiro atoms. The molecule has 0 unspecified atom stereocenters. The second-order valence-corrected chi connectivity index (χ2v) is 12.3. The molecule has 2 amide bonds. The van der Waals surface area contributed by atoms with E-state index in [4.69, 9.17) is 4.74 Å². The quantitative estimate of drug-likeness (QED) is 0.298. The van der Waals surface area contributed by atoms with Gasteiger partial charge in [-0.3, -0.25) is 14.3 Å². The Kier molecular flexibility index (Phi) is 8.46. The third-order valence-corrected chi connectivity index (χ3v) is 7.54. The molecular weight excluding hydrogens is 624 g/mol. The molecule has 19 heteroatoms. The summed E-state index contributed by atoms with van der Waals surface area (Å²) in [6, 6.07) is 3.87. The number of aryl methyl sites for hydroxylation is 2. The summed E-state index contributed by atoms with van der Waals surface area (Å²) in [5, 5.41) is 9.44. The van der Waals surface area contributed by atoms with Gasteiger partial charge in [0.1, 0.15) is 22.9 Å². The number of fused-ring (bicyclic) bond motifs is 3. The summed E-state index contributed by atoms with van der Waals surface area (Å²) >= 11 is 0. The number of halogens is 8. The first-order valence-corrected chi connectivity index (χ1v) is 14.6. The predicted octanol–water partition coefficient (Wildman–Crippen LogP) is 3.50. The summed E-state index contributed by atoms with van der Waals surface area (Å²) in [6.07, 6.45) is -9.59. The third-order valence-electron chi connectivity index (χ3n) is 6.75. The van der Waals surface area contributed by atoms with Crippen molar-refractivity contribution in [2.75, 3.05) is 30.5 Å². The lowest BCUT2D eigenvalue weighted by Gasteiger charge is -2.35. The summed E-state index contributed by atoms with van der Waals surface area (Å²) in [6.45, 7) is -2.95. The second-order valence-electron chi connectivity index (χ2n) is 10.2. The van der Waals surface area contributed by atoms with Crippen molar-refractivity contribution in [1.29, 1.82) is 0 Å². The van der Waals surface area contributed by atoms with Gasteiger partial charge in [-0.2, -0.15) is 27.1 Å². The van der Waals surface area contributed by atoms with Crippen LogP contribution in [-0.4, -0.2) is 73.7 Å². The van der Waals surface area contributed by atoms with Crippen LogP contribution in [-0.2, 0) is 44.3 Å². The van der Waals surface area contributed by atoms with E-state index in [2.05, 4.69) is 20.5 Å². The minimum Gasteiger partial charge on any atom is -0.487 e. The molecule has 0 fully saturated rings. The van der Waals surface area contributed by atoms with Crippen LogP contribution in [0.5, 0.6) is 5.75 Å². The average Bonchev–Trinajstić information content (AvgIpc) is 3.36. The van der Waals surface area contributed by atoms with E-state index in [0.717, 1.165) is 10.9 Å². The number of anilines is 1. The SMILES string of the molecule is CS(=O)(=O)CC(=O)Nc1c2c(nn1CCCOC(F)(F)F)C[C@@]1(CCc3cc(OCC(F)(F)C(F)(F)F)ccc31)NC2=O. The molecule has 1 aliphatic carbocycles. The largest absolute Gasteiger partial charge is 0.522 e. The van der Waals surface area contributed by atoms with Gasteiger partial charge in [0.05, 0.1) is 17.8 Å². The van der Waals surface area contributed by atoms with E-state index in [0.29, 0.717) is 11.1 Å². The fourth-order valence-electron chi connectivity index (χ4n) is 4.97. The number of carbonyl (C=O) groups is 2. The van der Waals surface area contributed by atoms with Crippen molar-refractivity contribution in [1.82, 2.24) is 15.1 Å². The highest BCUT2D eigenvalue weighted by atomic mass is 32.2. The molecular formula is C24H24F8N4O6S. The number of rotatable bonds is 10. The van der Waals surface area contributed by atoms with Crippen LogP contribution in [0, 0.1) is 0 Å². The molecule has 2 aromatic rings. The predicted molar refractivity (Wildman–Crippen MR) is 131 cm³/mol. The van der Waals surface area contributed by atoms with Crippen molar-refractivity contribution in [3.05, 3.63) is 40.6 Å². The molecule has 238 valence electrons. The molecule has 1 aromatic carbocycles. The monoisotopic (exact) mass is 648 g/mol. The minimum absolute atomic E-state index is 0.00835. The van der Waals surface area contributed by atoms with E-state index in [1.807, 2.05) is 0 Å². The molecule has 1 aliphatic heterocycles. The average molecular weight is 649 g/mol. The van der Waals surface area contributed by atoms with Gasteiger partial charge in [-0.05, 0) is 42.5 Å². The van der Waals surface area contributed by atoms with E-state index >= 15 is 0 Å². The number of alkyl halides is 8. The van der Waals surface area contributed by atoms with Gasteiger partial charge in [-0.25, -0.2) is 13.1 Å². The first-order valence-electron chi connectivity index (χ1n) is 12.5. The van der Waals surface area contributed by atoms with Crippen molar-refractivity contribution < 1.29 is 62.6 Å². The maximum absolute atomic E-state index is 13.4. The number of carbonyl (C=O) groups excluding carboxylic acids is 2. The smallest absolute Gasteiger partial charge is 0.487 e. The maximum Gasteiger partial charge on any atom is 0.522 e. The topological polar surface area (TPSA) is 129 Å². The van der Waals surface area contributed by atoms with Gasteiger partial charge in [0.2, 0.25) is 5.91 Å². The number of amides is 2. The fraction of sp³-hybridized carbons (Fsp3) is 0.542. The number of sulfone groups is 1. The number of ether oxygens (including phenoxy) is 2. The Hall–Kier alpha value is -3.48. The van der Waals surface area contributed by atoms with Crippen LogP contribution < -0.4 is 15.4 Å². The van der Waals surface area contributed by atoms with Gasteiger partial charge < -0.3 is 15.4 Å². The highest BCUT2D eigenvalue weighted by Crippen LogP contribution is 2.45. The zero-order valence-corrected chi connectivity index (χ0v) is 23.0. The molecule has 2 aliphatic rings. The lowest BCUT2D eigenvalue weighted by atomic mass is 9.82. The summed E-state index contributed by atoms with van der Waals surface area (Å²) in [5.74, 6) is -8.25. The van der Waals surface area contributed by atoms with Gasteiger partial charge in [-0.15, -0.1) is 13.2 Å². The first-order chi connectivity index (χ1) is 19.7.